The van der Waals surface area contributed by atoms with Crippen LogP contribution in [0.4, 0.5) is 5.69 Å². The van der Waals surface area contributed by atoms with Gasteiger partial charge in [-0.15, -0.1) is 24.0 Å². The summed E-state index contributed by atoms with van der Waals surface area (Å²) in [5, 5.41) is 10.4. The second kappa shape index (κ2) is 12.7. The maximum absolute atomic E-state index is 5.69. The summed E-state index contributed by atoms with van der Waals surface area (Å²) in [4.78, 5) is 8.75. The normalized spacial score (nSPS) is 13.8. The highest BCUT2D eigenvalue weighted by molar-refractivity contribution is 14.0. The number of nitrogens with one attached hydrogen (secondary N) is 2. The summed E-state index contributed by atoms with van der Waals surface area (Å²) < 4.78 is 16.5. The van der Waals surface area contributed by atoms with Gasteiger partial charge in [-0.1, -0.05) is 5.16 Å². The number of anilines is 1. The topological polar surface area (TPSA) is 93.8 Å². The maximum Gasteiger partial charge on any atom is 0.248 e. The van der Waals surface area contributed by atoms with Crippen LogP contribution in [0.5, 0.6) is 5.75 Å². The monoisotopic (exact) mass is 529 g/mol. The predicted octanol–water partition coefficient (Wildman–Crippen LogP) is 4.16. The number of benzene rings is 1. The summed E-state index contributed by atoms with van der Waals surface area (Å²) >= 11 is 0. The molecule has 1 aliphatic carbocycles. The number of ether oxygens (including phenoxy) is 2. The fourth-order valence-corrected chi connectivity index (χ4v) is 2.63. The summed E-state index contributed by atoms with van der Waals surface area (Å²) in [5.41, 5.74) is 0.916. The first-order chi connectivity index (χ1) is 14.1. The molecular weight excluding hydrogens is 497 g/mol. The second-order valence-corrected chi connectivity index (χ2v) is 7.51. The van der Waals surface area contributed by atoms with Crippen molar-refractivity contribution in [3.05, 3.63) is 36.0 Å². The van der Waals surface area contributed by atoms with E-state index < -0.39 is 0 Å². The maximum atomic E-state index is 5.69. The number of hydrogen-bond acceptors (Lipinski definition) is 6. The first-order valence-electron chi connectivity index (χ1n) is 10.3. The lowest BCUT2D eigenvalue weighted by Crippen LogP contribution is -2.32. The standard InChI is InChI=1S/C21H31N5O3.HI/c1-15(2)28-19-9-7-18(8-10-19)25-21(23-13-20-24-16(3)26-29-20)22-11-4-12-27-14-17-5-6-17;/h7-10,15,17H,4-6,11-14H2,1-3H3,(H2,22,23,25);1H. The Balaban J connectivity index is 0.00000320. The van der Waals surface area contributed by atoms with Gasteiger partial charge in [0.1, 0.15) is 12.3 Å². The largest absolute Gasteiger partial charge is 0.491 e. The van der Waals surface area contributed by atoms with Gasteiger partial charge in [0.15, 0.2) is 11.8 Å². The number of aromatic nitrogens is 2. The van der Waals surface area contributed by atoms with E-state index in [1.807, 2.05) is 38.1 Å². The van der Waals surface area contributed by atoms with Crippen molar-refractivity contribution in [2.75, 3.05) is 25.1 Å². The molecule has 8 nitrogen and oxygen atoms in total. The minimum Gasteiger partial charge on any atom is -0.491 e. The summed E-state index contributed by atoms with van der Waals surface area (Å²) in [6.45, 7) is 8.51. The molecular formula is C21H32IN5O3. The molecule has 0 aliphatic heterocycles. The Kier molecular flexibility index (Phi) is 10.4. The molecule has 1 heterocycles. The van der Waals surface area contributed by atoms with Crippen molar-refractivity contribution in [3.63, 3.8) is 0 Å². The van der Waals surface area contributed by atoms with Crippen LogP contribution in [0.3, 0.4) is 0 Å². The molecule has 0 radical (unpaired) electrons. The van der Waals surface area contributed by atoms with Crippen LogP contribution in [0, 0.1) is 12.8 Å². The predicted molar refractivity (Wildman–Crippen MR) is 128 cm³/mol. The number of aryl methyl sites for hydroxylation is 1. The zero-order valence-electron chi connectivity index (χ0n) is 17.9. The van der Waals surface area contributed by atoms with E-state index in [-0.39, 0.29) is 30.1 Å². The van der Waals surface area contributed by atoms with Crippen molar-refractivity contribution in [1.82, 2.24) is 15.5 Å². The van der Waals surface area contributed by atoms with Crippen molar-refractivity contribution in [3.8, 4) is 5.75 Å². The molecule has 2 aromatic rings. The molecule has 30 heavy (non-hydrogen) atoms. The van der Waals surface area contributed by atoms with Crippen LogP contribution in [-0.2, 0) is 11.3 Å². The average molecular weight is 529 g/mol. The van der Waals surface area contributed by atoms with Crippen LogP contribution in [0.1, 0.15) is 44.8 Å². The van der Waals surface area contributed by atoms with Crippen LogP contribution in [-0.4, -0.2) is 42.0 Å². The van der Waals surface area contributed by atoms with Gasteiger partial charge in [-0.2, -0.15) is 4.98 Å². The van der Waals surface area contributed by atoms with Crippen molar-refractivity contribution < 1.29 is 14.0 Å². The van der Waals surface area contributed by atoms with E-state index in [0.29, 0.717) is 24.2 Å². The van der Waals surface area contributed by atoms with Gasteiger partial charge in [0.25, 0.3) is 0 Å². The molecule has 9 heteroatoms. The van der Waals surface area contributed by atoms with Crippen molar-refractivity contribution in [2.45, 2.75) is 52.7 Å². The van der Waals surface area contributed by atoms with Crippen LogP contribution in [0.15, 0.2) is 33.8 Å². The third-order valence-corrected chi connectivity index (χ3v) is 4.24. The van der Waals surface area contributed by atoms with Gasteiger partial charge < -0.3 is 24.6 Å². The van der Waals surface area contributed by atoms with E-state index in [1.165, 1.54) is 12.8 Å². The van der Waals surface area contributed by atoms with Crippen molar-refractivity contribution >= 4 is 35.6 Å². The second-order valence-electron chi connectivity index (χ2n) is 7.51. The molecule has 0 atom stereocenters. The van der Waals surface area contributed by atoms with Crippen LogP contribution in [0.2, 0.25) is 0 Å². The fourth-order valence-electron chi connectivity index (χ4n) is 2.63. The SMILES string of the molecule is Cc1noc(CN=C(NCCCOCC2CC2)Nc2ccc(OC(C)C)cc2)n1.I. The third kappa shape index (κ3) is 9.29. The Morgan fingerprint density at radius 2 is 2.03 bits per heavy atom. The van der Waals surface area contributed by atoms with Gasteiger partial charge in [-0.05, 0) is 70.2 Å². The van der Waals surface area contributed by atoms with Gasteiger partial charge in [0, 0.05) is 25.4 Å². The lowest BCUT2D eigenvalue weighted by Gasteiger charge is -2.14. The highest BCUT2D eigenvalue weighted by Gasteiger charge is 2.20. The van der Waals surface area contributed by atoms with Crippen molar-refractivity contribution in [2.24, 2.45) is 10.9 Å². The minimum atomic E-state index is 0. The molecule has 1 fully saturated rings. The van der Waals surface area contributed by atoms with E-state index in [9.17, 15) is 0 Å². The van der Waals surface area contributed by atoms with E-state index in [4.69, 9.17) is 14.0 Å². The number of halogens is 1. The molecule has 1 aromatic carbocycles. The van der Waals surface area contributed by atoms with E-state index >= 15 is 0 Å². The van der Waals surface area contributed by atoms with Crippen LogP contribution >= 0.6 is 24.0 Å². The van der Waals surface area contributed by atoms with Gasteiger partial charge in [-0.25, -0.2) is 4.99 Å². The Labute approximate surface area is 195 Å². The van der Waals surface area contributed by atoms with Gasteiger partial charge in [0.05, 0.1) is 6.10 Å². The van der Waals surface area contributed by atoms with E-state index in [1.54, 1.807) is 6.92 Å². The Morgan fingerprint density at radius 1 is 1.27 bits per heavy atom. The van der Waals surface area contributed by atoms with Crippen LogP contribution in [0.25, 0.3) is 0 Å². The molecule has 0 spiro atoms. The molecule has 166 valence electrons. The first-order valence-corrected chi connectivity index (χ1v) is 10.3. The molecule has 1 aliphatic rings. The number of guanidine groups is 1. The zero-order valence-corrected chi connectivity index (χ0v) is 20.2. The summed E-state index contributed by atoms with van der Waals surface area (Å²) in [6, 6.07) is 7.80. The molecule has 0 saturated heterocycles. The fraction of sp³-hybridized carbons (Fsp3) is 0.571. The van der Waals surface area contributed by atoms with Gasteiger partial charge >= 0.3 is 0 Å². The first kappa shape index (κ1) is 24.4. The summed E-state index contributed by atoms with van der Waals surface area (Å²) in [6.07, 6.45) is 3.69. The molecule has 1 aromatic heterocycles. The highest BCUT2D eigenvalue weighted by Crippen LogP contribution is 2.28. The lowest BCUT2D eigenvalue weighted by molar-refractivity contribution is 0.123. The number of nitrogens with zero attached hydrogens (tertiary/aromatic N) is 3. The van der Waals surface area contributed by atoms with Gasteiger partial charge in [-0.3, -0.25) is 0 Å². The Morgan fingerprint density at radius 3 is 2.67 bits per heavy atom. The highest BCUT2D eigenvalue weighted by atomic mass is 127. The molecule has 0 amide bonds. The molecule has 2 N–H and O–H groups in total. The van der Waals surface area contributed by atoms with Crippen molar-refractivity contribution in [1.29, 1.82) is 0 Å². The molecule has 1 saturated carbocycles. The lowest BCUT2D eigenvalue weighted by atomic mass is 10.3. The Bertz CT molecular complexity index is 775. The smallest absolute Gasteiger partial charge is 0.248 e. The molecule has 0 unspecified atom stereocenters. The number of hydrogen-bond donors (Lipinski definition) is 2. The molecule has 0 bridgehead atoms. The minimum absolute atomic E-state index is 0. The molecule has 3 rings (SSSR count). The quantitative estimate of drug-likeness (QED) is 0.196. The van der Waals surface area contributed by atoms with E-state index in [2.05, 4.69) is 25.8 Å². The number of rotatable bonds is 11. The zero-order chi connectivity index (χ0) is 20.5. The Hall–Kier alpha value is -1.88. The average Bonchev–Trinajstić information content (AvgIpc) is 3.43. The third-order valence-electron chi connectivity index (χ3n) is 4.24. The summed E-state index contributed by atoms with van der Waals surface area (Å²) in [5.74, 6) is 3.37. The number of aliphatic imine (C=N–C) groups is 1. The summed E-state index contributed by atoms with van der Waals surface area (Å²) in [7, 11) is 0. The van der Waals surface area contributed by atoms with Crippen LogP contribution < -0.4 is 15.4 Å². The van der Waals surface area contributed by atoms with E-state index in [0.717, 1.165) is 43.5 Å². The van der Waals surface area contributed by atoms with Gasteiger partial charge in [0.2, 0.25) is 5.89 Å².